The third kappa shape index (κ3) is 5.51. The fourth-order valence-electron chi connectivity index (χ4n) is 3.28. The molecule has 3 aromatic rings. The van der Waals surface area contributed by atoms with Crippen molar-refractivity contribution in [2.24, 2.45) is 0 Å². The quantitative estimate of drug-likeness (QED) is 0.489. The van der Waals surface area contributed by atoms with Gasteiger partial charge in [0, 0.05) is 18.8 Å². The van der Waals surface area contributed by atoms with Gasteiger partial charge in [-0.3, -0.25) is 5.32 Å². The van der Waals surface area contributed by atoms with Crippen LogP contribution < -0.4 is 10.6 Å². The lowest BCUT2D eigenvalue weighted by atomic mass is 9.98. The van der Waals surface area contributed by atoms with Crippen molar-refractivity contribution in [3.63, 3.8) is 0 Å². The molecule has 0 aliphatic heterocycles. The summed E-state index contributed by atoms with van der Waals surface area (Å²) in [6.07, 6.45) is -1.62. The second-order valence-corrected chi connectivity index (χ2v) is 7.00. The van der Waals surface area contributed by atoms with Gasteiger partial charge in [-0.05, 0) is 36.1 Å². The molecule has 2 aromatic carbocycles. The van der Waals surface area contributed by atoms with Crippen molar-refractivity contribution in [3.8, 4) is 0 Å². The van der Waals surface area contributed by atoms with Crippen LogP contribution in [0.4, 0.5) is 13.2 Å². The molecule has 0 fully saturated rings. The SMILES string of the molecule is C=C(NC)C(NC(CCc1ccc(C(F)(F)F)cc1)c1ccon1)c1ccccc1. The number of halogens is 3. The summed E-state index contributed by atoms with van der Waals surface area (Å²) in [6.45, 7) is 4.11. The average molecular weight is 415 g/mol. The Morgan fingerprint density at radius 2 is 1.77 bits per heavy atom. The topological polar surface area (TPSA) is 50.1 Å². The molecule has 0 saturated heterocycles. The van der Waals surface area contributed by atoms with E-state index >= 15 is 0 Å². The molecular formula is C23H24F3N3O. The van der Waals surface area contributed by atoms with Crippen LogP contribution in [-0.4, -0.2) is 12.2 Å². The Bertz CT molecular complexity index is 923. The van der Waals surface area contributed by atoms with E-state index < -0.39 is 11.7 Å². The maximum atomic E-state index is 12.8. The van der Waals surface area contributed by atoms with E-state index in [2.05, 4.69) is 22.4 Å². The fourth-order valence-corrected chi connectivity index (χ4v) is 3.28. The molecule has 7 heteroatoms. The first-order chi connectivity index (χ1) is 14.4. The molecule has 0 aliphatic rings. The van der Waals surface area contributed by atoms with Crippen molar-refractivity contribution >= 4 is 0 Å². The van der Waals surface area contributed by atoms with Gasteiger partial charge in [0.25, 0.3) is 0 Å². The molecule has 2 unspecified atom stereocenters. The smallest absolute Gasteiger partial charge is 0.390 e. The van der Waals surface area contributed by atoms with Crippen molar-refractivity contribution in [2.75, 3.05) is 7.05 Å². The summed E-state index contributed by atoms with van der Waals surface area (Å²) in [5.74, 6) is 0. The standard InChI is InChI=1S/C23H24F3N3O/c1-16(27-2)22(18-6-4-3-5-7-18)28-20(21-14-15-30-29-21)13-10-17-8-11-19(12-9-17)23(24,25)26/h3-9,11-12,14-15,20,22,27-28H,1,10,13H2,2H3. The number of likely N-dealkylation sites (N-methyl/N-ethyl adjacent to an activating group) is 1. The van der Waals surface area contributed by atoms with Gasteiger partial charge in [-0.25, -0.2) is 0 Å². The Balaban J connectivity index is 1.77. The molecule has 30 heavy (non-hydrogen) atoms. The zero-order valence-corrected chi connectivity index (χ0v) is 16.6. The third-order valence-electron chi connectivity index (χ3n) is 4.99. The number of hydrogen-bond acceptors (Lipinski definition) is 4. The molecule has 0 bridgehead atoms. The highest BCUT2D eigenvalue weighted by atomic mass is 19.4. The second-order valence-electron chi connectivity index (χ2n) is 7.00. The number of hydrogen-bond donors (Lipinski definition) is 2. The zero-order valence-electron chi connectivity index (χ0n) is 16.6. The summed E-state index contributed by atoms with van der Waals surface area (Å²) in [6, 6.07) is 16.6. The number of aryl methyl sites for hydroxylation is 1. The van der Waals surface area contributed by atoms with Crippen LogP contribution >= 0.6 is 0 Å². The molecule has 1 aromatic heterocycles. The Morgan fingerprint density at radius 1 is 1.07 bits per heavy atom. The molecule has 0 amide bonds. The predicted octanol–water partition coefficient (Wildman–Crippen LogP) is 5.43. The number of benzene rings is 2. The molecule has 4 nitrogen and oxygen atoms in total. The van der Waals surface area contributed by atoms with Gasteiger partial charge >= 0.3 is 6.18 Å². The Kier molecular flexibility index (Phi) is 6.95. The van der Waals surface area contributed by atoms with E-state index in [-0.39, 0.29) is 12.1 Å². The van der Waals surface area contributed by atoms with Crippen LogP contribution in [-0.2, 0) is 12.6 Å². The molecule has 0 saturated carbocycles. The highest BCUT2D eigenvalue weighted by Gasteiger charge is 2.30. The minimum absolute atomic E-state index is 0.175. The lowest BCUT2D eigenvalue weighted by molar-refractivity contribution is -0.137. The van der Waals surface area contributed by atoms with Crippen LogP contribution in [0.2, 0.25) is 0 Å². The van der Waals surface area contributed by atoms with Crippen molar-refractivity contribution in [3.05, 3.63) is 102 Å². The van der Waals surface area contributed by atoms with E-state index in [1.54, 1.807) is 6.07 Å². The monoisotopic (exact) mass is 415 g/mol. The molecule has 0 spiro atoms. The van der Waals surface area contributed by atoms with Crippen LogP contribution in [0.25, 0.3) is 0 Å². The minimum atomic E-state index is -4.33. The Labute approximate surface area is 173 Å². The van der Waals surface area contributed by atoms with E-state index in [9.17, 15) is 13.2 Å². The molecule has 2 atom stereocenters. The summed E-state index contributed by atoms with van der Waals surface area (Å²) >= 11 is 0. The molecule has 1 heterocycles. The van der Waals surface area contributed by atoms with Gasteiger partial charge in [-0.15, -0.1) is 0 Å². The van der Waals surface area contributed by atoms with Crippen LogP contribution in [0.15, 0.2) is 83.7 Å². The van der Waals surface area contributed by atoms with Crippen LogP contribution in [0.3, 0.4) is 0 Å². The van der Waals surface area contributed by atoms with Crippen molar-refractivity contribution in [2.45, 2.75) is 31.1 Å². The predicted molar refractivity (Wildman–Crippen MR) is 110 cm³/mol. The molecule has 0 aliphatic carbocycles. The second kappa shape index (κ2) is 9.63. The number of alkyl halides is 3. The van der Waals surface area contributed by atoms with Gasteiger partial charge in [0.05, 0.1) is 17.6 Å². The number of nitrogens with one attached hydrogen (secondary N) is 2. The highest BCUT2D eigenvalue weighted by Crippen LogP contribution is 2.30. The minimum Gasteiger partial charge on any atom is -0.390 e. The van der Waals surface area contributed by atoms with Crippen molar-refractivity contribution < 1.29 is 17.7 Å². The summed E-state index contributed by atoms with van der Waals surface area (Å²) in [4.78, 5) is 0. The summed E-state index contributed by atoms with van der Waals surface area (Å²) < 4.78 is 43.4. The molecule has 158 valence electrons. The van der Waals surface area contributed by atoms with Crippen LogP contribution in [0, 0.1) is 0 Å². The van der Waals surface area contributed by atoms with Gasteiger partial charge in [0.2, 0.25) is 0 Å². The van der Waals surface area contributed by atoms with Crippen molar-refractivity contribution in [1.29, 1.82) is 0 Å². The van der Waals surface area contributed by atoms with Gasteiger partial charge < -0.3 is 9.84 Å². The lowest BCUT2D eigenvalue weighted by Crippen LogP contribution is -2.31. The third-order valence-corrected chi connectivity index (χ3v) is 4.99. The van der Waals surface area contributed by atoms with Gasteiger partial charge in [-0.1, -0.05) is 54.2 Å². The number of nitrogens with zero attached hydrogens (tertiary/aromatic N) is 1. The Hall–Kier alpha value is -3.06. The highest BCUT2D eigenvalue weighted by molar-refractivity contribution is 5.28. The molecular weight excluding hydrogens is 391 g/mol. The zero-order chi connectivity index (χ0) is 21.6. The van der Waals surface area contributed by atoms with Crippen LogP contribution in [0.1, 0.15) is 40.9 Å². The largest absolute Gasteiger partial charge is 0.416 e. The molecule has 0 radical (unpaired) electrons. The molecule has 2 N–H and O–H groups in total. The maximum absolute atomic E-state index is 12.8. The van der Waals surface area contributed by atoms with E-state index in [0.717, 1.165) is 34.7 Å². The molecule has 3 rings (SSSR count). The first-order valence-electron chi connectivity index (χ1n) is 9.62. The van der Waals surface area contributed by atoms with Gasteiger partial charge in [0.1, 0.15) is 12.0 Å². The van der Waals surface area contributed by atoms with E-state index in [0.29, 0.717) is 12.8 Å². The average Bonchev–Trinajstić information content (AvgIpc) is 3.28. The number of aromatic nitrogens is 1. The Morgan fingerprint density at radius 3 is 2.33 bits per heavy atom. The van der Waals surface area contributed by atoms with Gasteiger partial charge in [0.15, 0.2) is 0 Å². The summed E-state index contributed by atoms with van der Waals surface area (Å²) in [5.41, 5.74) is 2.74. The summed E-state index contributed by atoms with van der Waals surface area (Å²) in [5, 5.41) is 10.7. The fraction of sp³-hybridized carbons (Fsp3) is 0.261. The summed E-state index contributed by atoms with van der Waals surface area (Å²) in [7, 11) is 1.81. The van der Waals surface area contributed by atoms with E-state index in [1.807, 2.05) is 37.4 Å². The van der Waals surface area contributed by atoms with Crippen LogP contribution in [0.5, 0.6) is 0 Å². The normalized spacial score (nSPS) is 13.6. The van der Waals surface area contributed by atoms with E-state index in [4.69, 9.17) is 4.52 Å². The maximum Gasteiger partial charge on any atom is 0.416 e. The van der Waals surface area contributed by atoms with Crippen molar-refractivity contribution in [1.82, 2.24) is 15.8 Å². The first-order valence-corrected chi connectivity index (χ1v) is 9.62. The van der Waals surface area contributed by atoms with E-state index in [1.165, 1.54) is 18.4 Å². The number of rotatable bonds is 9. The first kappa shape index (κ1) is 21.6. The van der Waals surface area contributed by atoms with Gasteiger partial charge in [-0.2, -0.15) is 13.2 Å². The lowest BCUT2D eigenvalue weighted by Gasteiger charge is -2.27.